The third kappa shape index (κ3) is 2.68. The van der Waals surface area contributed by atoms with E-state index in [1.165, 1.54) is 0 Å². The molecule has 21 heavy (non-hydrogen) atoms. The van der Waals surface area contributed by atoms with Gasteiger partial charge in [-0.25, -0.2) is 0 Å². The molecule has 0 amide bonds. The first-order valence-electron chi connectivity index (χ1n) is 6.82. The summed E-state index contributed by atoms with van der Waals surface area (Å²) in [6, 6.07) is 13.9. The predicted octanol–water partition coefficient (Wildman–Crippen LogP) is 5.57. The molecule has 0 spiro atoms. The summed E-state index contributed by atoms with van der Waals surface area (Å²) in [5.74, 6) is 0.954. The topological polar surface area (TPSA) is 39.2 Å². The molecule has 0 saturated carbocycles. The second kappa shape index (κ2) is 5.95. The van der Waals surface area contributed by atoms with Gasteiger partial charge in [0.15, 0.2) is 0 Å². The molecule has 2 nitrogen and oxygen atoms in total. The molecule has 0 fully saturated rings. The highest BCUT2D eigenvalue weighted by Crippen LogP contribution is 2.36. The fourth-order valence-corrected chi connectivity index (χ4v) is 3.50. The number of fused-ring (bicyclic) bond motifs is 1. The first-order chi connectivity index (χ1) is 10.1. The average molecular weight is 409 g/mol. The Kier molecular flexibility index (Phi) is 4.20. The Labute approximate surface area is 140 Å². The highest BCUT2D eigenvalue weighted by molar-refractivity contribution is 9.11. The summed E-state index contributed by atoms with van der Waals surface area (Å²) in [5.41, 5.74) is 9.58. The molecule has 0 aliphatic rings. The van der Waals surface area contributed by atoms with Gasteiger partial charge in [0.2, 0.25) is 0 Å². The van der Waals surface area contributed by atoms with Gasteiger partial charge in [-0.05, 0) is 29.8 Å². The van der Waals surface area contributed by atoms with Crippen LogP contribution in [0.1, 0.15) is 29.9 Å². The van der Waals surface area contributed by atoms with Gasteiger partial charge in [0.25, 0.3) is 0 Å². The molecule has 108 valence electrons. The number of halogens is 2. The van der Waals surface area contributed by atoms with Crippen LogP contribution >= 0.6 is 31.9 Å². The first-order valence-corrected chi connectivity index (χ1v) is 8.41. The summed E-state index contributed by atoms with van der Waals surface area (Å²) in [5, 5.41) is 1.09. The van der Waals surface area contributed by atoms with E-state index in [9.17, 15) is 0 Å². The number of furan rings is 1. The molecule has 0 aliphatic heterocycles. The maximum Gasteiger partial charge on any atom is 0.134 e. The van der Waals surface area contributed by atoms with Gasteiger partial charge in [0.05, 0.1) is 6.04 Å². The number of nitrogens with two attached hydrogens (primary N) is 1. The summed E-state index contributed by atoms with van der Waals surface area (Å²) in [6.07, 6.45) is 0.823. The molecule has 3 rings (SSSR count). The molecule has 0 radical (unpaired) electrons. The monoisotopic (exact) mass is 407 g/mol. The van der Waals surface area contributed by atoms with Crippen LogP contribution in [-0.4, -0.2) is 0 Å². The van der Waals surface area contributed by atoms with Crippen molar-refractivity contribution in [2.24, 2.45) is 5.73 Å². The Morgan fingerprint density at radius 3 is 2.67 bits per heavy atom. The zero-order chi connectivity index (χ0) is 15.0. The van der Waals surface area contributed by atoms with Crippen LogP contribution in [0.3, 0.4) is 0 Å². The predicted molar refractivity (Wildman–Crippen MR) is 93.5 cm³/mol. The summed E-state index contributed by atoms with van der Waals surface area (Å²) in [4.78, 5) is 0. The zero-order valence-electron chi connectivity index (χ0n) is 11.6. The van der Waals surface area contributed by atoms with Crippen molar-refractivity contribution in [3.63, 3.8) is 0 Å². The van der Waals surface area contributed by atoms with Gasteiger partial charge in [0.1, 0.15) is 11.3 Å². The summed E-state index contributed by atoms with van der Waals surface area (Å²) in [7, 11) is 0. The van der Waals surface area contributed by atoms with Gasteiger partial charge >= 0.3 is 0 Å². The lowest BCUT2D eigenvalue weighted by molar-refractivity contribution is 0.546. The van der Waals surface area contributed by atoms with E-state index in [4.69, 9.17) is 10.2 Å². The minimum absolute atomic E-state index is 0.226. The largest absolute Gasteiger partial charge is 0.461 e. The zero-order valence-corrected chi connectivity index (χ0v) is 14.7. The highest BCUT2D eigenvalue weighted by Gasteiger charge is 2.21. The van der Waals surface area contributed by atoms with E-state index >= 15 is 0 Å². The minimum Gasteiger partial charge on any atom is -0.461 e. The SMILES string of the molecule is CCc1oc2ccccc2c1C(N)c1cc(Br)ccc1Br. The summed E-state index contributed by atoms with van der Waals surface area (Å²) < 4.78 is 7.97. The molecule has 1 atom stereocenters. The van der Waals surface area contributed by atoms with E-state index in [0.717, 1.165) is 43.2 Å². The van der Waals surface area contributed by atoms with Gasteiger partial charge in [-0.15, -0.1) is 0 Å². The van der Waals surface area contributed by atoms with E-state index in [1.807, 2.05) is 30.3 Å². The van der Waals surface area contributed by atoms with Crippen molar-refractivity contribution in [2.45, 2.75) is 19.4 Å². The fraction of sp³-hybridized carbons (Fsp3) is 0.176. The van der Waals surface area contributed by atoms with Crippen molar-refractivity contribution < 1.29 is 4.42 Å². The van der Waals surface area contributed by atoms with Crippen LogP contribution in [0.5, 0.6) is 0 Å². The van der Waals surface area contributed by atoms with E-state index in [2.05, 4.69) is 50.9 Å². The second-order valence-corrected chi connectivity index (χ2v) is 6.70. The quantitative estimate of drug-likeness (QED) is 0.615. The van der Waals surface area contributed by atoms with Crippen LogP contribution < -0.4 is 5.73 Å². The number of aryl methyl sites for hydroxylation is 1. The number of benzene rings is 2. The minimum atomic E-state index is -0.226. The average Bonchev–Trinajstić information content (AvgIpc) is 2.87. The van der Waals surface area contributed by atoms with Crippen LogP contribution in [0.25, 0.3) is 11.0 Å². The van der Waals surface area contributed by atoms with Crippen molar-refractivity contribution in [3.05, 3.63) is 68.3 Å². The standard InChI is InChI=1S/C17H15Br2NO/c1-2-14-16(11-5-3-4-6-15(11)21-14)17(20)12-9-10(18)7-8-13(12)19/h3-9,17H,2,20H2,1H3. The lowest BCUT2D eigenvalue weighted by atomic mass is 9.96. The van der Waals surface area contributed by atoms with E-state index in [1.54, 1.807) is 0 Å². The smallest absolute Gasteiger partial charge is 0.134 e. The van der Waals surface area contributed by atoms with Crippen molar-refractivity contribution >= 4 is 42.8 Å². The summed E-state index contributed by atoms with van der Waals surface area (Å²) in [6.45, 7) is 2.09. The molecular formula is C17H15Br2NO. The number of rotatable bonds is 3. The first kappa shape index (κ1) is 14.8. The molecule has 1 aromatic heterocycles. The van der Waals surface area contributed by atoms with Gasteiger partial charge in [-0.1, -0.05) is 57.0 Å². The Bertz CT molecular complexity index is 795. The Morgan fingerprint density at radius 2 is 1.90 bits per heavy atom. The number of hydrogen-bond acceptors (Lipinski definition) is 2. The molecule has 0 aliphatic carbocycles. The molecule has 2 N–H and O–H groups in total. The lowest BCUT2D eigenvalue weighted by Crippen LogP contribution is -2.13. The van der Waals surface area contributed by atoms with Crippen LogP contribution in [0.4, 0.5) is 0 Å². The second-order valence-electron chi connectivity index (χ2n) is 4.93. The maximum atomic E-state index is 6.56. The Morgan fingerprint density at radius 1 is 1.14 bits per heavy atom. The molecule has 0 saturated heterocycles. The van der Waals surface area contributed by atoms with E-state index < -0.39 is 0 Å². The molecule has 3 aromatic rings. The number of hydrogen-bond donors (Lipinski definition) is 1. The van der Waals surface area contributed by atoms with Crippen molar-refractivity contribution in [2.75, 3.05) is 0 Å². The normalized spacial score (nSPS) is 12.8. The van der Waals surface area contributed by atoms with Crippen molar-refractivity contribution in [1.82, 2.24) is 0 Å². The van der Waals surface area contributed by atoms with Crippen LogP contribution in [-0.2, 0) is 6.42 Å². The van der Waals surface area contributed by atoms with Crippen LogP contribution in [0, 0.1) is 0 Å². The maximum absolute atomic E-state index is 6.56. The third-order valence-corrected chi connectivity index (χ3v) is 4.85. The molecule has 4 heteroatoms. The lowest BCUT2D eigenvalue weighted by Gasteiger charge is -2.15. The van der Waals surface area contributed by atoms with Crippen molar-refractivity contribution in [3.8, 4) is 0 Å². The van der Waals surface area contributed by atoms with Crippen LogP contribution in [0.15, 0.2) is 55.8 Å². The van der Waals surface area contributed by atoms with Gasteiger partial charge in [-0.2, -0.15) is 0 Å². The number of para-hydroxylation sites is 1. The van der Waals surface area contributed by atoms with Crippen LogP contribution in [0.2, 0.25) is 0 Å². The van der Waals surface area contributed by atoms with Gasteiger partial charge < -0.3 is 10.2 Å². The molecule has 2 aromatic carbocycles. The van der Waals surface area contributed by atoms with Gasteiger partial charge in [0, 0.05) is 26.3 Å². The molecule has 1 heterocycles. The third-order valence-electron chi connectivity index (χ3n) is 3.64. The highest BCUT2D eigenvalue weighted by atomic mass is 79.9. The van der Waals surface area contributed by atoms with E-state index in [-0.39, 0.29) is 6.04 Å². The van der Waals surface area contributed by atoms with Gasteiger partial charge in [-0.3, -0.25) is 0 Å². The fourth-order valence-electron chi connectivity index (χ4n) is 2.63. The molecule has 1 unspecified atom stereocenters. The van der Waals surface area contributed by atoms with E-state index in [0.29, 0.717) is 0 Å². The molecular weight excluding hydrogens is 394 g/mol. The summed E-state index contributed by atoms with van der Waals surface area (Å²) >= 11 is 7.11. The molecule has 0 bridgehead atoms. The Balaban J connectivity index is 2.21. The Hall–Kier alpha value is -1.10. The van der Waals surface area contributed by atoms with Crippen molar-refractivity contribution in [1.29, 1.82) is 0 Å².